The highest BCUT2D eigenvalue weighted by Gasteiger charge is 2.33. The molecule has 0 saturated heterocycles. The SMILES string of the molecule is CC1CC1CNc1c(C(=O)O)cccc1[N+](=O)[O-]. The van der Waals surface area contributed by atoms with Crippen molar-refractivity contribution in [3.63, 3.8) is 0 Å². The molecule has 18 heavy (non-hydrogen) atoms. The molecular formula is C12H14N2O4. The van der Waals surface area contributed by atoms with Gasteiger partial charge in [-0.25, -0.2) is 4.79 Å². The molecule has 1 fully saturated rings. The van der Waals surface area contributed by atoms with Crippen LogP contribution in [0, 0.1) is 22.0 Å². The molecule has 6 nitrogen and oxygen atoms in total. The highest BCUT2D eigenvalue weighted by atomic mass is 16.6. The highest BCUT2D eigenvalue weighted by Crippen LogP contribution is 2.38. The number of hydrogen-bond donors (Lipinski definition) is 2. The van der Waals surface area contributed by atoms with E-state index < -0.39 is 10.9 Å². The van der Waals surface area contributed by atoms with Crippen molar-refractivity contribution in [2.24, 2.45) is 11.8 Å². The number of anilines is 1. The number of nitrogens with one attached hydrogen (secondary N) is 1. The van der Waals surface area contributed by atoms with Gasteiger partial charge in [0.25, 0.3) is 5.69 Å². The lowest BCUT2D eigenvalue weighted by Crippen LogP contribution is -2.11. The summed E-state index contributed by atoms with van der Waals surface area (Å²) < 4.78 is 0. The maximum Gasteiger partial charge on any atom is 0.338 e. The van der Waals surface area contributed by atoms with E-state index in [1.165, 1.54) is 18.2 Å². The van der Waals surface area contributed by atoms with E-state index in [4.69, 9.17) is 5.11 Å². The first-order valence-corrected chi connectivity index (χ1v) is 5.75. The molecule has 0 spiro atoms. The van der Waals surface area contributed by atoms with Crippen LogP contribution in [0.5, 0.6) is 0 Å². The van der Waals surface area contributed by atoms with Gasteiger partial charge in [0, 0.05) is 12.6 Å². The predicted octanol–water partition coefficient (Wildman–Crippen LogP) is 2.36. The molecule has 0 radical (unpaired) electrons. The van der Waals surface area contributed by atoms with E-state index in [2.05, 4.69) is 12.2 Å². The van der Waals surface area contributed by atoms with Crippen molar-refractivity contribution in [2.75, 3.05) is 11.9 Å². The Labute approximate surface area is 104 Å². The molecule has 2 N–H and O–H groups in total. The standard InChI is InChI=1S/C12H14N2O4/c1-7-5-8(7)6-13-11-9(12(15)16)3-2-4-10(11)14(17)18/h2-4,7-8,13H,5-6H2,1H3,(H,15,16). The molecule has 0 bridgehead atoms. The van der Waals surface area contributed by atoms with Crippen LogP contribution in [0.15, 0.2) is 18.2 Å². The van der Waals surface area contributed by atoms with Crippen LogP contribution in [-0.4, -0.2) is 22.5 Å². The molecule has 1 aromatic rings. The fourth-order valence-corrected chi connectivity index (χ4v) is 1.97. The third kappa shape index (κ3) is 2.42. The van der Waals surface area contributed by atoms with Crippen LogP contribution in [0.1, 0.15) is 23.7 Å². The largest absolute Gasteiger partial charge is 0.478 e. The minimum atomic E-state index is -1.16. The van der Waals surface area contributed by atoms with Gasteiger partial charge in [-0.1, -0.05) is 13.0 Å². The lowest BCUT2D eigenvalue weighted by molar-refractivity contribution is -0.384. The Hall–Kier alpha value is -2.11. The summed E-state index contributed by atoms with van der Waals surface area (Å²) in [5.41, 5.74) is -0.144. The number of carbonyl (C=O) groups is 1. The van der Waals surface area contributed by atoms with Gasteiger partial charge in [0.2, 0.25) is 0 Å². The molecule has 0 aliphatic heterocycles. The zero-order valence-corrected chi connectivity index (χ0v) is 9.92. The van der Waals surface area contributed by atoms with E-state index in [9.17, 15) is 14.9 Å². The van der Waals surface area contributed by atoms with E-state index in [-0.39, 0.29) is 16.9 Å². The number of aromatic carboxylic acids is 1. The van der Waals surface area contributed by atoms with E-state index >= 15 is 0 Å². The average Bonchev–Trinajstić information content (AvgIpc) is 3.01. The molecule has 6 heteroatoms. The smallest absolute Gasteiger partial charge is 0.338 e. The van der Waals surface area contributed by atoms with Gasteiger partial charge in [0.1, 0.15) is 5.69 Å². The van der Waals surface area contributed by atoms with Crippen molar-refractivity contribution < 1.29 is 14.8 Å². The normalized spacial score (nSPS) is 21.4. The summed E-state index contributed by atoms with van der Waals surface area (Å²) in [7, 11) is 0. The summed E-state index contributed by atoms with van der Waals surface area (Å²) in [6, 6.07) is 4.06. The Kier molecular flexibility index (Phi) is 3.18. The predicted molar refractivity (Wildman–Crippen MR) is 65.8 cm³/mol. The highest BCUT2D eigenvalue weighted by molar-refractivity contribution is 5.96. The zero-order chi connectivity index (χ0) is 13.3. The lowest BCUT2D eigenvalue weighted by atomic mass is 10.1. The van der Waals surface area contributed by atoms with Crippen molar-refractivity contribution in [2.45, 2.75) is 13.3 Å². The van der Waals surface area contributed by atoms with Gasteiger partial charge in [-0.05, 0) is 24.3 Å². The molecule has 0 amide bonds. The maximum absolute atomic E-state index is 11.1. The van der Waals surface area contributed by atoms with Crippen LogP contribution in [-0.2, 0) is 0 Å². The second-order valence-corrected chi connectivity index (χ2v) is 4.62. The number of para-hydroxylation sites is 1. The molecule has 2 unspecified atom stereocenters. The van der Waals surface area contributed by atoms with Crippen LogP contribution < -0.4 is 5.32 Å². The fraction of sp³-hybridized carbons (Fsp3) is 0.417. The number of rotatable bonds is 5. The van der Waals surface area contributed by atoms with Crippen molar-refractivity contribution >= 4 is 17.3 Å². The average molecular weight is 250 g/mol. The lowest BCUT2D eigenvalue weighted by Gasteiger charge is -2.09. The van der Waals surface area contributed by atoms with Crippen molar-refractivity contribution in [3.05, 3.63) is 33.9 Å². The Bertz CT molecular complexity index is 469. The molecule has 1 aromatic carbocycles. The van der Waals surface area contributed by atoms with Gasteiger partial charge >= 0.3 is 5.97 Å². The number of nitrogens with zero attached hydrogens (tertiary/aromatic N) is 1. The summed E-state index contributed by atoms with van der Waals surface area (Å²) in [6.45, 7) is 2.68. The van der Waals surface area contributed by atoms with Gasteiger partial charge in [0.15, 0.2) is 0 Å². The van der Waals surface area contributed by atoms with Crippen molar-refractivity contribution in [1.82, 2.24) is 0 Å². The second kappa shape index (κ2) is 4.64. The second-order valence-electron chi connectivity index (χ2n) is 4.62. The molecule has 2 rings (SSSR count). The molecular weight excluding hydrogens is 236 g/mol. The van der Waals surface area contributed by atoms with Crippen LogP contribution in [0.4, 0.5) is 11.4 Å². The number of nitro groups is 1. The Balaban J connectivity index is 2.27. The van der Waals surface area contributed by atoms with Gasteiger partial charge < -0.3 is 10.4 Å². The first-order chi connectivity index (χ1) is 8.50. The molecule has 1 aliphatic rings. The molecule has 0 aromatic heterocycles. The molecule has 0 heterocycles. The number of hydrogen-bond acceptors (Lipinski definition) is 4. The van der Waals surface area contributed by atoms with E-state index in [1.54, 1.807) is 0 Å². The number of nitro benzene ring substituents is 1. The summed E-state index contributed by atoms with van der Waals surface area (Å²) >= 11 is 0. The number of carboxylic acid groups (broad SMARTS) is 1. The molecule has 1 saturated carbocycles. The van der Waals surface area contributed by atoms with E-state index in [1.807, 2.05) is 0 Å². The van der Waals surface area contributed by atoms with Gasteiger partial charge in [-0.2, -0.15) is 0 Å². The summed E-state index contributed by atoms with van der Waals surface area (Å²) in [5, 5.41) is 22.9. The monoisotopic (exact) mass is 250 g/mol. The van der Waals surface area contributed by atoms with Crippen molar-refractivity contribution in [1.29, 1.82) is 0 Å². The Morgan fingerprint density at radius 1 is 1.61 bits per heavy atom. The quantitative estimate of drug-likeness (QED) is 0.618. The number of benzene rings is 1. The molecule has 2 atom stereocenters. The fourth-order valence-electron chi connectivity index (χ4n) is 1.97. The maximum atomic E-state index is 11.1. The minimum absolute atomic E-state index is 0.0579. The van der Waals surface area contributed by atoms with Crippen LogP contribution in [0.25, 0.3) is 0 Å². The summed E-state index contributed by atoms with van der Waals surface area (Å²) in [4.78, 5) is 21.4. The van der Waals surface area contributed by atoms with E-state index in [0.717, 1.165) is 6.42 Å². The topological polar surface area (TPSA) is 92.5 Å². The first-order valence-electron chi connectivity index (χ1n) is 5.75. The molecule has 1 aliphatic carbocycles. The third-order valence-corrected chi connectivity index (χ3v) is 3.29. The first kappa shape index (κ1) is 12.3. The number of carboxylic acids is 1. The van der Waals surface area contributed by atoms with Crippen LogP contribution in [0.2, 0.25) is 0 Å². The van der Waals surface area contributed by atoms with E-state index in [0.29, 0.717) is 18.4 Å². The van der Waals surface area contributed by atoms with Gasteiger partial charge in [0.05, 0.1) is 10.5 Å². The minimum Gasteiger partial charge on any atom is -0.478 e. The Morgan fingerprint density at radius 2 is 2.28 bits per heavy atom. The zero-order valence-electron chi connectivity index (χ0n) is 9.92. The van der Waals surface area contributed by atoms with Crippen LogP contribution in [0.3, 0.4) is 0 Å². The third-order valence-electron chi connectivity index (χ3n) is 3.29. The van der Waals surface area contributed by atoms with Crippen LogP contribution >= 0.6 is 0 Å². The van der Waals surface area contributed by atoms with Gasteiger partial charge in [-0.15, -0.1) is 0 Å². The Morgan fingerprint density at radius 3 is 2.78 bits per heavy atom. The summed E-state index contributed by atoms with van der Waals surface area (Å²) in [5.74, 6) is -0.0787. The van der Waals surface area contributed by atoms with Gasteiger partial charge in [-0.3, -0.25) is 10.1 Å². The summed E-state index contributed by atoms with van der Waals surface area (Å²) in [6.07, 6.45) is 1.08. The molecule has 96 valence electrons. The van der Waals surface area contributed by atoms with Crippen molar-refractivity contribution in [3.8, 4) is 0 Å².